The summed E-state index contributed by atoms with van der Waals surface area (Å²) in [5.74, 6) is -0.378. The average molecular weight is 215 g/mol. The van der Waals surface area contributed by atoms with Gasteiger partial charge in [0.2, 0.25) is 0 Å². The van der Waals surface area contributed by atoms with E-state index in [2.05, 4.69) is 4.98 Å². The molecule has 0 fully saturated rings. The topological polar surface area (TPSA) is 33.1 Å². The number of benzene rings is 1. The molecule has 1 aromatic carbocycles. The Balaban J connectivity index is 2.32. The van der Waals surface area contributed by atoms with Crippen LogP contribution >= 0.6 is 0 Å². The van der Waals surface area contributed by atoms with Gasteiger partial charge in [-0.05, 0) is 24.3 Å². The first kappa shape index (κ1) is 10.4. The number of hydrogen-bond donors (Lipinski definition) is 1. The molecule has 0 spiro atoms. The summed E-state index contributed by atoms with van der Waals surface area (Å²) >= 11 is 0. The van der Waals surface area contributed by atoms with Crippen molar-refractivity contribution in [1.29, 1.82) is 0 Å². The number of hydrogen-bond acceptors (Lipinski definition) is 2. The van der Waals surface area contributed by atoms with Crippen molar-refractivity contribution in [3.63, 3.8) is 0 Å². The van der Waals surface area contributed by atoms with Gasteiger partial charge < -0.3 is 5.11 Å². The van der Waals surface area contributed by atoms with Crippen LogP contribution in [0.15, 0.2) is 48.7 Å². The number of aliphatic hydroxyl groups excluding tert-OH is 1. The summed E-state index contributed by atoms with van der Waals surface area (Å²) < 4.78 is 12.9. The van der Waals surface area contributed by atoms with Crippen molar-refractivity contribution in [2.24, 2.45) is 0 Å². The van der Waals surface area contributed by atoms with Crippen LogP contribution in [0, 0.1) is 5.82 Å². The van der Waals surface area contributed by atoms with E-state index in [1.165, 1.54) is 18.2 Å². The monoisotopic (exact) mass is 215 g/mol. The lowest BCUT2D eigenvalue weighted by Gasteiger charge is -2.00. The zero-order valence-electron chi connectivity index (χ0n) is 8.47. The summed E-state index contributed by atoms with van der Waals surface area (Å²) in [7, 11) is 0. The quantitative estimate of drug-likeness (QED) is 0.780. The van der Waals surface area contributed by atoms with E-state index in [4.69, 9.17) is 0 Å². The zero-order valence-corrected chi connectivity index (χ0v) is 8.47. The lowest BCUT2D eigenvalue weighted by atomic mass is 10.1. The molecular formula is C13H10FNO. The fourth-order valence-corrected chi connectivity index (χ4v) is 1.33. The van der Waals surface area contributed by atoms with Gasteiger partial charge in [0, 0.05) is 17.8 Å². The van der Waals surface area contributed by atoms with E-state index in [9.17, 15) is 9.50 Å². The number of nitrogens with zero attached hydrogens (tertiary/aromatic N) is 1. The van der Waals surface area contributed by atoms with E-state index < -0.39 is 0 Å². The molecular weight excluding hydrogens is 205 g/mol. The minimum atomic E-state index is -0.376. The van der Waals surface area contributed by atoms with Gasteiger partial charge in [0.05, 0.1) is 5.69 Å². The maximum atomic E-state index is 12.9. The van der Waals surface area contributed by atoms with E-state index in [1.807, 2.05) is 6.07 Å². The maximum absolute atomic E-state index is 12.9. The van der Waals surface area contributed by atoms with Gasteiger partial charge in [0.1, 0.15) is 11.6 Å². The number of rotatable bonds is 2. The Labute approximate surface area is 92.7 Å². The SMILES string of the molecule is O/C(=C/c1ccccn1)c1cccc(F)c1. The molecule has 3 heteroatoms. The van der Waals surface area contributed by atoms with E-state index in [0.29, 0.717) is 11.3 Å². The molecule has 80 valence electrons. The predicted octanol–water partition coefficient (Wildman–Crippen LogP) is 3.28. The van der Waals surface area contributed by atoms with Crippen LogP contribution in [0.5, 0.6) is 0 Å². The zero-order chi connectivity index (χ0) is 11.4. The molecule has 2 nitrogen and oxygen atoms in total. The van der Waals surface area contributed by atoms with Gasteiger partial charge in [-0.3, -0.25) is 4.98 Å². The molecule has 0 unspecified atom stereocenters. The molecule has 0 aliphatic heterocycles. The van der Waals surface area contributed by atoms with Crippen molar-refractivity contribution in [2.75, 3.05) is 0 Å². The first-order valence-electron chi connectivity index (χ1n) is 4.83. The van der Waals surface area contributed by atoms with Gasteiger partial charge in [0.25, 0.3) is 0 Å². The van der Waals surface area contributed by atoms with Gasteiger partial charge in [-0.2, -0.15) is 0 Å². The Morgan fingerprint density at radius 3 is 2.75 bits per heavy atom. The first-order valence-corrected chi connectivity index (χ1v) is 4.83. The molecule has 0 bridgehead atoms. The first-order chi connectivity index (χ1) is 7.75. The van der Waals surface area contributed by atoms with E-state index in [0.717, 1.165) is 0 Å². The van der Waals surface area contributed by atoms with Crippen LogP contribution < -0.4 is 0 Å². The summed E-state index contributed by atoms with van der Waals surface area (Å²) in [5.41, 5.74) is 1.06. The summed E-state index contributed by atoms with van der Waals surface area (Å²) in [6, 6.07) is 11.2. The molecule has 1 aromatic heterocycles. The average Bonchev–Trinajstić information content (AvgIpc) is 2.30. The second-order valence-corrected chi connectivity index (χ2v) is 3.29. The van der Waals surface area contributed by atoms with Crippen molar-refractivity contribution < 1.29 is 9.50 Å². The molecule has 16 heavy (non-hydrogen) atoms. The van der Waals surface area contributed by atoms with Gasteiger partial charge in [-0.25, -0.2) is 4.39 Å². The summed E-state index contributed by atoms with van der Waals surface area (Å²) in [4.78, 5) is 4.04. The molecule has 2 aromatic rings. The second-order valence-electron chi connectivity index (χ2n) is 3.29. The van der Waals surface area contributed by atoms with Crippen molar-refractivity contribution in [3.8, 4) is 0 Å². The Morgan fingerprint density at radius 1 is 1.19 bits per heavy atom. The summed E-state index contributed by atoms with van der Waals surface area (Å²) in [5, 5.41) is 9.75. The Bertz CT molecular complexity index is 508. The third-order valence-corrected chi connectivity index (χ3v) is 2.09. The lowest BCUT2D eigenvalue weighted by Crippen LogP contribution is -1.86. The highest BCUT2D eigenvalue weighted by atomic mass is 19.1. The fraction of sp³-hybridized carbons (Fsp3) is 0. The number of pyridine rings is 1. The molecule has 0 saturated carbocycles. The molecule has 0 aliphatic carbocycles. The lowest BCUT2D eigenvalue weighted by molar-refractivity contribution is 0.514. The van der Waals surface area contributed by atoms with Crippen LogP contribution in [0.3, 0.4) is 0 Å². The second kappa shape index (κ2) is 4.57. The van der Waals surface area contributed by atoms with Crippen molar-refractivity contribution in [3.05, 3.63) is 65.7 Å². The van der Waals surface area contributed by atoms with Crippen molar-refractivity contribution >= 4 is 11.8 Å². The van der Waals surface area contributed by atoms with Crippen LogP contribution in [0.4, 0.5) is 4.39 Å². The highest BCUT2D eigenvalue weighted by Crippen LogP contribution is 2.15. The number of aromatic nitrogens is 1. The molecule has 0 radical (unpaired) electrons. The van der Waals surface area contributed by atoms with E-state index in [-0.39, 0.29) is 11.6 Å². The molecule has 0 aliphatic rings. The largest absolute Gasteiger partial charge is 0.507 e. The highest BCUT2D eigenvalue weighted by Gasteiger charge is 2.00. The van der Waals surface area contributed by atoms with Crippen molar-refractivity contribution in [1.82, 2.24) is 4.98 Å². The van der Waals surface area contributed by atoms with Crippen LogP contribution in [-0.4, -0.2) is 10.1 Å². The standard InChI is InChI=1S/C13H10FNO/c14-11-5-3-4-10(8-11)13(16)9-12-6-1-2-7-15-12/h1-9,16H/b13-9+. The molecule has 1 heterocycles. The van der Waals surface area contributed by atoms with E-state index in [1.54, 1.807) is 30.5 Å². The van der Waals surface area contributed by atoms with Gasteiger partial charge in [-0.1, -0.05) is 18.2 Å². The van der Waals surface area contributed by atoms with Crippen LogP contribution in [-0.2, 0) is 0 Å². The van der Waals surface area contributed by atoms with E-state index >= 15 is 0 Å². The minimum Gasteiger partial charge on any atom is -0.507 e. The number of halogens is 1. The molecule has 0 atom stereocenters. The predicted molar refractivity (Wildman–Crippen MR) is 61.1 cm³/mol. The molecule has 0 amide bonds. The smallest absolute Gasteiger partial charge is 0.125 e. The Hall–Kier alpha value is -2.16. The molecule has 0 saturated heterocycles. The molecule has 2 rings (SSSR count). The Morgan fingerprint density at radius 2 is 2.06 bits per heavy atom. The van der Waals surface area contributed by atoms with Gasteiger partial charge >= 0.3 is 0 Å². The minimum absolute atomic E-state index is 0.00167. The van der Waals surface area contributed by atoms with Crippen molar-refractivity contribution in [2.45, 2.75) is 0 Å². The summed E-state index contributed by atoms with van der Waals surface area (Å²) in [6.45, 7) is 0. The van der Waals surface area contributed by atoms with Crippen LogP contribution in [0.2, 0.25) is 0 Å². The van der Waals surface area contributed by atoms with Crippen LogP contribution in [0.1, 0.15) is 11.3 Å². The summed E-state index contributed by atoms with van der Waals surface area (Å²) in [6.07, 6.45) is 3.12. The number of aliphatic hydroxyl groups is 1. The highest BCUT2D eigenvalue weighted by molar-refractivity contribution is 5.74. The van der Waals surface area contributed by atoms with Crippen LogP contribution in [0.25, 0.3) is 11.8 Å². The normalized spacial score (nSPS) is 11.4. The molecule has 1 N–H and O–H groups in total. The Kier molecular flexibility index (Phi) is 2.96. The third kappa shape index (κ3) is 2.45. The maximum Gasteiger partial charge on any atom is 0.125 e. The fourth-order valence-electron chi connectivity index (χ4n) is 1.33. The van der Waals surface area contributed by atoms with Gasteiger partial charge in [-0.15, -0.1) is 0 Å². The van der Waals surface area contributed by atoms with Gasteiger partial charge in [0.15, 0.2) is 0 Å². The third-order valence-electron chi connectivity index (χ3n) is 2.09.